The molecule has 0 aromatic heterocycles. The molecule has 106 valence electrons. The molecule has 1 aliphatic rings. The van der Waals surface area contributed by atoms with Crippen molar-refractivity contribution in [2.45, 2.75) is 19.4 Å². The number of rotatable bonds is 6. The van der Waals surface area contributed by atoms with Gasteiger partial charge < -0.3 is 19.5 Å². The van der Waals surface area contributed by atoms with Gasteiger partial charge in [-0.2, -0.15) is 0 Å². The first kappa shape index (κ1) is 14.2. The third kappa shape index (κ3) is 3.61. The molecule has 1 aromatic carbocycles. The summed E-state index contributed by atoms with van der Waals surface area (Å²) in [6.07, 6.45) is 0.631. The quantitative estimate of drug-likeness (QED) is 0.851. The van der Waals surface area contributed by atoms with Gasteiger partial charge in [-0.1, -0.05) is 19.1 Å². The molecule has 4 heteroatoms. The molecular weight excluding hydrogens is 242 g/mol. The van der Waals surface area contributed by atoms with Crippen molar-refractivity contribution in [3.63, 3.8) is 0 Å². The fourth-order valence-corrected chi connectivity index (χ4v) is 2.51. The molecule has 0 radical (unpaired) electrons. The lowest BCUT2D eigenvalue weighted by Gasteiger charge is -2.20. The molecule has 1 fully saturated rings. The Morgan fingerprint density at radius 2 is 2.11 bits per heavy atom. The summed E-state index contributed by atoms with van der Waals surface area (Å²) < 4.78 is 10.9. The van der Waals surface area contributed by atoms with Gasteiger partial charge in [-0.05, 0) is 31.6 Å². The van der Waals surface area contributed by atoms with Gasteiger partial charge in [-0.15, -0.1) is 0 Å². The summed E-state index contributed by atoms with van der Waals surface area (Å²) in [6, 6.07) is 7.52. The molecule has 0 saturated carbocycles. The summed E-state index contributed by atoms with van der Waals surface area (Å²) in [4.78, 5) is 2.36. The van der Waals surface area contributed by atoms with E-state index in [2.05, 4.69) is 11.8 Å². The van der Waals surface area contributed by atoms with Crippen molar-refractivity contribution in [3.8, 4) is 11.5 Å². The fourth-order valence-electron chi connectivity index (χ4n) is 2.51. The largest absolute Gasteiger partial charge is 0.493 e. The van der Waals surface area contributed by atoms with Crippen molar-refractivity contribution in [2.75, 3.05) is 33.4 Å². The summed E-state index contributed by atoms with van der Waals surface area (Å²) in [5, 5.41) is 10.2. The van der Waals surface area contributed by atoms with E-state index in [1.807, 2.05) is 24.3 Å². The summed E-state index contributed by atoms with van der Waals surface area (Å²) in [5.74, 6) is 1.71. The Morgan fingerprint density at radius 1 is 1.37 bits per heavy atom. The molecule has 0 spiro atoms. The van der Waals surface area contributed by atoms with Crippen molar-refractivity contribution < 1.29 is 14.6 Å². The number of benzene rings is 1. The highest BCUT2D eigenvalue weighted by Gasteiger charge is 2.27. The minimum Gasteiger partial charge on any atom is -0.493 e. The predicted octanol–water partition coefficient (Wildman–Crippen LogP) is 1.78. The molecule has 1 aliphatic heterocycles. The number of ether oxygens (including phenoxy) is 2. The van der Waals surface area contributed by atoms with Crippen LogP contribution in [0.25, 0.3) is 0 Å². The van der Waals surface area contributed by atoms with Crippen LogP contribution in [0.4, 0.5) is 0 Å². The molecule has 1 saturated heterocycles. The topological polar surface area (TPSA) is 41.9 Å². The fraction of sp³-hybridized carbons (Fsp3) is 0.600. The second kappa shape index (κ2) is 6.78. The van der Waals surface area contributed by atoms with Crippen molar-refractivity contribution in [1.29, 1.82) is 0 Å². The van der Waals surface area contributed by atoms with Gasteiger partial charge >= 0.3 is 0 Å². The van der Waals surface area contributed by atoms with E-state index in [0.717, 1.165) is 26.1 Å². The van der Waals surface area contributed by atoms with Crippen LogP contribution in [-0.4, -0.2) is 49.5 Å². The van der Waals surface area contributed by atoms with Crippen LogP contribution >= 0.6 is 0 Å². The number of hydrogen-bond acceptors (Lipinski definition) is 4. The summed E-state index contributed by atoms with van der Waals surface area (Å²) in [7, 11) is 1.62. The van der Waals surface area contributed by atoms with E-state index >= 15 is 0 Å². The van der Waals surface area contributed by atoms with Gasteiger partial charge in [0.25, 0.3) is 0 Å². The van der Waals surface area contributed by atoms with Gasteiger partial charge in [0.05, 0.1) is 13.2 Å². The Labute approximate surface area is 114 Å². The number of nitrogens with zero attached hydrogens (tertiary/aromatic N) is 1. The number of aliphatic hydroxyl groups is 1. The zero-order chi connectivity index (χ0) is 13.7. The number of aliphatic hydroxyl groups excluding tert-OH is 1. The highest BCUT2D eigenvalue weighted by Crippen LogP contribution is 2.27. The second-order valence-electron chi connectivity index (χ2n) is 4.97. The lowest BCUT2D eigenvalue weighted by atomic mass is 10.0. The first-order valence-electron chi connectivity index (χ1n) is 6.90. The number of para-hydroxylation sites is 2. The van der Waals surface area contributed by atoms with E-state index in [1.165, 1.54) is 0 Å². The van der Waals surface area contributed by atoms with Gasteiger partial charge in [-0.25, -0.2) is 0 Å². The maximum absolute atomic E-state index is 10.2. The van der Waals surface area contributed by atoms with E-state index in [4.69, 9.17) is 9.47 Å². The Bertz CT molecular complexity index is 397. The molecule has 2 unspecified atom stereocenters. The van der Waals surface area contributed by atoms with Crippen LogP contribution in [0, 0.1) is 5.92 Å². The molecule has 0 aliphatic carbocycles. The summed E-state index contributed by atoms with van der Waals surface area (Å²) in [6.45, 7) is 5.57. The molecule has 1 aromatic rings. The smallest absolute Gasteiger partial charge is 0.161 e. The Balaban J connectivity index is 1.85. The van der Waals surface area contributed by atoms with Crippen molar-refractivity contribution in [3.05, 3.63) is 24.3 Å². The van der Waals surface area contributed by atoms with Crippen molar-refractivity contribution in [2.24, 2.45) is 5.92 Å². The van der Waals surface area contributed by atoms with E-state index in [-0.39, 0.29) is 0 Å². The highest BCUT2D eigenvalue weighted by molar-refractivity contribution is 5.39. The average molecular weight is 265 g/mol. The van der Waals surface area contributed by atoms with E-state index in [1.54, 1.807) is 7.11 Å². The Hall–Kier alpha value is -1.26. The number of likely N-dealkylation sites (tertiary alicyclic amines) is 1. The minimum atomic E-state index is -0.415. The van der Waals surface area contributed by atoms with E-state index < -0.39 is 6.10 Å². The Kier molecular flexibility index (Phi) is 5.05. The molecule has 0 bridgehead atoms. The van der Waals surface area contributed by atoms with Crippen molar-refractivity contribution in [1.82, 2.24) is 4.90 Å². The van der Waals surface area contributed by atoms with Gasteiger partial charge in [0.2, 0.25) is 0 Å². The average Bonchev–Trinajstić information content (AvgIpc) is 2.94. The predicted molar refractivity (Wildman–Crippen MR) is 74.7 cm³/mol. The third-order valence-electron chi connectivity index (χ3n) is 3.78. The molecule has 2 rings (SSSR count). The zero-order valence-electron chi connectivity index (χ0n) is 11.7. The minimum absolute atomic E-state index is 0.314. The Morgan fingerprint density at radius 3 is 2.74 bits per heavy atom. The van der Waals surface area contributed by atoms with Gasteiger partial charge in [0.15, 0.2) is 11.5 Å². The molecule has 0 amide bonds. The van der Waals surface area contributed by atoms with Crippen LogP contribution in [0.2, 0.25) is 0 Å². The first-order chi connectivity index (χ1) is 9.24. The standard InChI is InChI=1S/C15H23NO3/c1-3-16-9-8-12(10-16)13(17)11-19-15-7-5-4-6-14(15)18-2/h4-7,12-13,17H,3,8-11H2,1-2H3. The lowest BCUT2D eigenvalue weighted by Crippen LogP contribution is -2.30. The van der Waals surface area contributed by atoms with Gasteiger partial charge in [0.1, 0.15) is 6.61 Å². The molecule has 19 heavy (non-hydrogen) atoms. The van der Waals surface area contributed by atoms with Crippen LogP contribution < -0.4 is 9.47 Å². The number of hydrogen-bond donors (Lipinski definition) is 1. The van der Waals surface area contributed by atoms with Crippen LogP contribution in [0.3, 0.4) is 0 Å². The lowest BCUT2D eigenvalue weighted by molar-refractivity contribution is 0.0589. The molecule has 2 atom stereocenters. The molecular formula is C15H23NO3. The monoisotopic (exact) mass is 265 g/mol. The van der Waals surface area contributed by atoms with Crippen LogP contribution in [-0.2, 0) is 0 Å². The SMILES string of the molecule is CCN1CCC(C(O)COc2ccccc2OC)C1. The summed E-state index contributed by atoms with van der Waals surface area (Å²) >= 11 is 0. The molecule has 1 N–H and O–H groups in total. The van der Waals surface area contributed by atoms with E-state index in [0.29, 0.717) is 24.0 Å². The van der Waals surface area contributed by atoms with Crippen molar-refractivity contribution >= 4 is 0 Å². The van der Waals surface area contributed by atoms with Crippen LogP contribution in [0.1, 0.15) is 13.3 Å². The second-order valence-corrected chi connectivity index (χ2v) is 4.97. The highest BCUT2D eigenvalue weighted by atomic mass is 16.5. The first-order valence-corrected chi connectivity index (χ1v) is 6.90. The van der Waals surface area contributed by atoms with Crippen LogP contribution in [0.15, 0.2) is 24.3 Å². The summed E-state index contributed by atoms with van der Waals surface area (Å²) in [5.41, 5.74) is 0. The zero-order valence-corrected chi connectivity index (χ0v) is 11.7. The molecule has 1 heterocycles. The maximum Gasteiger partial charge on any atom is 0.161 e. The van der Waals surface area contributed by atoms with Gasteiger partial charge in [0, 0.05) is 12.5 Å². The molecule has 4 nitrogen and oxygen atoms in total. The van der Waals surface area contributed by atoms with Crippen LogP contribution in [0.5, 0.6) is 11.5 Å². The third-order valence-corrected chi connectivity index (χ3v) is 3.78. The van der Waals surface area contributed by atoms with E-state index in [9.17, 15) is 5.11 Å². The normalized spacial score (nSPS) is 21.3. The van der Waals surface area contributed by atoms with Gasteiger partial charge in [-0.3, -0.25) is 0 Å². The maximum atomic E-state index is 10.2. The number of methoxy groups -OCH3 is 1.